The van der Waals surface area contributed by atoms with Crippen LogP contribution in [0.5, 0.6) is 0 Å². The second-order valence-corrected chi connectivity index (χ2v) is 9.17. The maximum Gasteiger partial charge on any atom is 0.317 e. The van der Waals surface area contributed by atoms with E-state index < -0.39 is 10.0 Å². The molecule has 0 spiro atoms. The highest BCUT2D eigenvalue weighted by atomic mass is 32.2. The van der Waals surface area contributed by atoms with E-state index in [4.69, 9.17) is 0 Å². The first kappa shape index (κ1) is 18.2. The molecule has 1 aromatic rings. The lowest BCUT2D eigenvalue weighted by Crippen LogP contribution is -2.57. The number of sulfonamides is 1. The Labute approximate surface area is 150 Å². The summed E-state index contributed by atoms with van der Waals surface area (Å²) in [6.45, 7) is 3.76. The molecule has 1 heterocycles. The maximum atomic E-state index is 12.3. The minimum atomic E-state index is -3.20. The molecule has 0 unspecified atom stereocenters. The molecule has 1 aromatic carbocycles. The second-order valence-electron chi connectivity index (χ2n) is 7.23. The first-order chi connectivity index (χ1) is 11.8. The van der Waals surface area contributed by atoms with Gasteiger partial charge in [0.15, 0.2) is 0 Å². The van der Waals surface area contributed by atoms with Crippen LogP contribution < -0.4 is 5.32 Å². The third-order valence-electron chi connectivity index (χ3n) is 5.24. The fourth-order valence-corrected chi connectivity index (χ4v) is 5.10. The molecule has 138 valence electrons. The van der Waals surface area contributed by atoms with E-state index >= 15 is 0 Å². The Bertz CT molecular complexity index is 710. The van der Waals surface area contributed by atoms with E-state index in [1.54, 1.807) is 4.90 Å². The van der Waals surface area contributed by atoms with Gasteiger partial charge in [-0.3, -0.25) is 0 Å². The molecule has 1 saturated heterocycles. The van der Waals surface area contributed by atoms with Crippen LogP contribution >= 0.6 is 0 Å². The summed E-state index contributed by atoms with van der Waals surface area (Å²) in [6, 6.07) is 8.28. The lowest BCUT2D eigenvalue weighted by molar-refractivity contribution is 0.147. The van der Waals surface area contributed by atoms with E-state index in [-0.39, 0.29) is 12.1 Å². The van der Waals surface area contributed by atoms with Crippen LogP contribution in [0, 0.1) is 5.92 Å². The van der Waals surface area contributed by atoms with Crippen LogP contribution in [-0.4, -0.2) is 62.1 Å². The van der Waals surface area contributed by atoms with Gasteiger partial charge in [-0.25, -0.2) is 13.2 Å². The molecule has 0 radical (unpaired) electrons. The van der Waals surface area contributed by atoms with Crippen LogP contribution in [0.2, 0.25) is 0 Å². The number of amides is 2. The summed E-state index contributed by atoms with van der Waals surface area (Å²) in [5.74, 6) is 0.596. The summed E-state index contributed by atoms with van der Waals surface area (Å²) in [7, 11) is -3.20. The quantitative estimate of drug-likeness (QED) is 0.878. The molecule has 1 atom stereocenters. The van der Waals surface area contributed by atoms with Crippen LogP contribution in [0.15, 0.2) is 24.3 Å². The van der Waals surface area contributed by atoms with Gasteiger partial charge < -0.3 is 10.2 Å². The fraction of sp³-hybridized carbons (Fsp3) is 0.611. The highest BCUT2D eigenvalue weighted by Crippen LogP contribution is 2.28. The summed E-state index contributed by atoms with van der Waals surface area (Å²) < 4.78 is 24.9. The molecule has 1 N–H and O–H groups in total. The van der Waals surface area contributed by atoms with E-state index in [1.807, 2.05) is 6.92 Å². The Morgan fingerprint density at radius 1 is 1.20 bits per heavy atom. The molecule has 25 heavy (non-hydrogen) atoms. The molecular formula is C18H27N3O3S. The molecular weight excluding hydrogens is 338 g/mol. The number of carbonyl (C=O) groups excluding carboxylic acids is 1. The number of fused-ring (bicyclic) bond motifs is 1. The van der Waals surface area contributed by atoms with Crippen molar-refractivity contribution in [3.8, 4) is 0 Å². The Morgan fingerprint density at radius 2 is 1.84 bits per heavy atom. The van der Waals surface area contributed by atoms with E-state index in [2.05, 4.69) is 29.6 Å². The van der Waals surface area contributed by atoms with Gasteiger partial charge in [-0.1, -0.05) is 24.3 Å². The number of benzene rings is 1. The summed E-state index contributed by atoms with van der Waals surface area (Å²) in [4.78, 5) is 14.1. The number of nitrogens with zero attached hydrogens (tertiary/aromatic N) is 2. The van der Waals surface area contributed by atoms with Crippen molar-refractivity contribution in [3.63, 3.8) is 0 Å². The second kappa shape index (κ2) is 7.33. The van der Waals surface area contributed by atoms with Crippen molar-refractivity contribution < 1.29 is 13.2 Å². The van der Waals surface area contributed by atoms with Gasteiger partial charge in [0, 0.05) is 32.2 Å². The highest BCUT2D eigenvalue weighted by molar-refractivity contribution is 7.88. The van der Waals surface area contributed by atoms with Gasteiger partial charge in [0.2, 0.25) is 10.0 Å². The molecule has 1 aliphatic carbocycles. The molecule has 2 amide bonds. The Kier molecular flexibility index (Phi) is 5.34. The van der Waals surface area contributed by atoms with Gasteiger partial charge in [-0.15, -0.1) is 0 Å². The van der Waals surface area contributed by atoms with Gasteiger partial charge in [-0.2, -0.15) is 4.31 Å². The number of nitrogens with one attached hydrogen (secondary N) is 1. The van der Waals surface area contributed by atoms with Crippen molar-refractivity contribution >= 4 is 16.1 Å². The van der Waals surface area contributed by atoms with Crippen molar-refractivity contribution in [1.82, 2.24) is 14.5 Å². The third kappa shape index (κ3) is 4.33. The molecule has 2 aliphatic rings. The van der Waals surface area contributed by atoms with E-state index in [0.29, 0.717) is 32.1 Å². The van der Waals surface area contributed by atoms with Gasteiger partial charge in [0.25, 0.3) is 0 Å². The summed E-state index contributed by atoms with van der Waals surface area (Å²) in [5.41, 5.74) is 2.87. The van der Waals surface area contributed by atoms with Crippen LogP contribution in [0.4, 0.5) is 4.79 Å². The van der Waals surface area contributed by atoms with E-state index in [0.717, 1.165) is 19.3 Å². The minimum absolute atomic E-state index is 0.0875. The Hall–Kier alpha value is -1.60. The molecule has 1 aliphatic heterocycles. The number of piperazine rings is 1. The van der Waals surface area contributed by atoms with Crippen LogP contribution in [0.25, 0.3) is 0 Å². The largest absolute Gasteiger partial charge is 0.338 e. The number of hydrogen-bond acceptors (Lipinski definition) is 3. The Balaban J connectivity index is 1.42. The number of hydrogen-bond donors (Lipinski definition) is 1. The molecule has 0 aromatic heterocycles. The normalized spacial score (nSPS) is 22.0. The predicted octanol–water partition coefficient (Wildman–Crippen LogP) is 1.47. The van der Waals surface area contributed by atoms with Crippen LogP contribution in [0.1, 0.15) is 24.5 Å². The molecule has 7 heteroatoms. The first-order valence-corrected chi connectivity index (χ1v) is 10.8. The van der Waals surface area contributed by atoms with Gasteiger partial charge in [0.1, 0.15) is 0 Å². The first-order valence-electron chi connectivity index (χ1n) is 8.91. The summed E-state index contributed by atoms with van der Waals surface area (Å²) >= 11 is 0. The smallest absolute Gasteiger partial charge is 0.317 e. The number of urea groups is 1. The number of rotatable bonds is 4. The lowest BCUT2D eigenvalue weighted by atomic mass is 10.0. The van der Waals surface area contributed by atoms with E-state index in [9.17, 15) is 13.2 Å². The van der Waals surface area contributed by atoms with Crippen molar-refractivity contribution in [2.45, 2.75) is 32.2 Å². The molecule has 0 bridgehead atoms. The maximum absolute atomic E-state index is 12.3. The SMILES string of the molecule is C[C@H]1CN(C(=O)NCCC2Cc3ccccc3C2)CCN1S(C)(=O)=O. The Morgan fingerprint density at radius 3 is 2.40 bits per heavy atom. The monoisotopic (exact) mass is 365 g/mol. The summed E-state index contributed by atoms with van der Waals surface area (Å²) in [5, 5.41) is 3.00. The molecule has 6 nitrogen and oxygen atoms in total. The molecule has 3 rings (SSSR count). The zero-order valence-electron chi connectivity index (χ0n) is 14.9. The zero-order valence-corrected chi connectivity index (χ0v) is 15.8. The summed E-state index contributed by atoms with van der Waals surface area (Å²) in [6.07, 6.45) is 4.38. The predicted molar refractivity (Wildman–Crippen MR) is 97.9 cm³/mol. The highest BCUT2D eigenvalue weighted by Gasteiger charge is 2.31. The third-order valence-corrected chi connectivity index (χ3v) is 6.64. The van der Waals surface area contributed by atoms with Crippen LogP contribution in [0.3, 0.4) is 0 Å². The van der Waals surface area contributed by atoms with Gasteiger partial charge in [-0.05, 0) is 43.2 Å². The molecule has 1 fully saturated rings. The molecule has 0 saturated carbocycles. The topological polar surface area (TPSA) is 69.7 Å². The van der Waals surface area contributed by atoms with Crippen molar-refractivity contribution in [3.05, 3.63) is 35.4 Å². The average Bonchev–Trinajstić information content (AvgIpc) is 2.96. The van der Waals surface area contributed by atoms with Crippen molar-refractivity contribution in [1.29, 1.82) is 0 Å². The van der Waals surface area contributed by atoms with Crippen LogP contribution in [-0.2, 0) is 22.9 Å². The zero-order chi connectivity index (χ0) is 18.0. The van der Waals surface area contributed by atoms with Crippen molar-refractivity contribution in [2.24, 2.45) is 5.92 Å². The minimum Gasteiger partial charge on any atom is -0.338 e. The average molecular weight is 365 g/mol. The van der Waals surface area contributed by atoms with E-state index in [1.165, 1.54) is 21.7 Å². The number of carbonyl (C=O) groups is 1. The van der Waals surface area contributed by atoms with Gasteiger partial charge in [0.05, 0.1) is 6.26 Å². The lowest BCUT2D eigenvalue weighted by Gasteiger charge is -2.38. The fourth-order valence-electron chi connectivity index (χ4n) is 3.97. The van der Waals surface area contributed by atoms with Crippen molar-refractivity contribution in [2.75, 3.05) is 32.4 Å². The van der Waals surface area contributed by atoms with Gasteiger partial charge >= 0.3 is 6.03 Å². The standard InChI is InChI=1S/C18H27N3O3S/c1-14-13-20(9-10-21(14)25(2,23)24)18(22)19-8-7-15-11-16-5-3-4-6-17(16)12-15/h3-6,14-15H,7-13H2,1-2H3,(H,19,22)/t14-/m0/s1.